The van der Waals surface area contributed by atoms with Crippen molar-refractivity contribution in [1.82, 2.24) is 5.32 Å². The van der Waals surface area contributed by atoms with Crippen LogP contribution in [0, 0.1) is 0 Å². The first-order valence-electron chi connectivity index (χ1n) is 9.50. The molecule has 0 aliphatic heterocycles. The topological polar surface area (TPSA) is 30.5 Å². The highest BCUT2D eigenvalue weighted by Crippen LogP contribution is 2.28. The van der Waals surface area contributed by atoms with E-state index in [9.17, 15) is 0 Å². The van der Waals surface area contributed by atoms with Crippen molar-refractivity contribution in [3.05, 3.63) is 71.8 Å². The SMILES string of the molecule is CNCc1c(OCCOc2ccc(C(C)(C)C)cc2)ccc2ccccc12. The van der Waals surface area contributed by atoms with Gasteiger partial charge in [-0.2, -0.15) is 0 Å². The van der Waals surface area contributed by atoms with Gasteiger partial charge >= 0.3 is 0 Å². The van der Waals surface area contributed by atoms with Gasteiger partial charge in [0.1, 0.15) is 24.7 Å². The fourth-order valence-electron chi connectivity index (χ4n) is 3.17. The first kappa shape index (κ1) is 19.2. The molecule has 0 radical (unpaired) electrons. The van der Waals surface area contributed by atoms with Crippen molar-refractivity contribution in [2.24, 2.45) is 0 Å². The molecule has 3 heteroatoms. The van der Waals surface area contributed by atoms with Gasteiger partial charge in [-0.25, -0.2) is 0 Å². The average Bonchev–Trinajstić information content (AvgIpc) is 2.66. The summed E-state index contributed by atoms with van der Waals surface area (Å²) in [6.07, 6.45) is 0. The van der Waals surface area contributed by atoms with Crippen LogP contribution >= 0.6 is 0 Å². The van der Waals surface area contributed by atoms with E-state index >= 15 is 0 Å². The molecule has 3 aromatic rings. The highest BCUT2D eigenvalue weighted by atomic mass is 16.5. The van der Waals surface area contributed by atoms with Crippen molar-refractivity contribution >= 4 is 10.8 Å². The Bertz CT molecular complexity index is 879. The van der Waals surface area contributed by atoms with E-state index in [0.29, 0.717) is 13.2 Å². The lowest BCUT2D eigenvalue weighted by atomic mass is 9.87. The third kappa shape index (κ3) is 4.81. The zero-order chi connectivity index (χ0) is 19.3. The molecule has 0 spiro atoms. The van der Waals surface area contributed by atoms with Gasteiger partial charge < -0.3 is 14.8 Å². The predicted octanol–water partition coefficient (Wildman–Crippen LogP) is 5.31. The molecule has 0 aliphatic carbocycles. The molecule has 0 saturated carbocycles. The van der Waals surface area contributed by atoms with Crippen LogP contribution in [0.25, 0.3) is 10.8 Å². The molecule has 0 aromatic heterocycles. The molecule has 0 bridgehead atoms. The van der Waals surface area contributed by atoms with Crippen LogP contribution in [-0.4, -0.2) is 20.3 Å². The molecule has 27 heavy (non-hydrogen) atoms. The number of ether oxygens (including phenoxy) is 2. The van der Waals surface area contributed by atoms with Crippen molar-refractivity contribution in [3.8, 4) is 11.5 Å². The number of fused-ring (bicyclic) bond motifs is 1. The third-order valence-electron chi connectivity index (χ3n) is 4.68. The molecule has 1 N–H and O–H groups in total. The molecule has 0 atom stereocenters. The molecule has 3 nitrogen and oxygen atoms in total. The van der Waals surface area contributed by atoms with Gasteiger partial charge in [0.05, 0.1) is 0 Å². The van der Waals surface area contributed by atoms with Crippen LogP contribution in [0.4, 0.5) is 0 Å². The standard InChI is InChI=1S/C24H29NO2/c1-24(2,3)19-10-12-20(13-11-19)26-15-16-27-23-14-9-18-7-5-6-8-21(18)22(23)17-25-4/h5-14,25H,15-17H2,1-4H3. The zero-order valence-electron chi connectivity index (χ0n) is 16.7. The summed E-state index contributed by atoms with van der Waals surface area (Å²) < 4.78 is 11.9. The summed E-state index contributed by atoms with van der Waals surface area (Å²) in [5.74, 6) is 1.79. The normalized spacial score (nSPS) is 11.6. The van der Waals surface area contributed by atoms with Crippen LogP contribution in [-0.2, 0) is 12.0 Å². The molecule has 3 rings (SSSR count). The fourth-order valence-corrected chi connectivity index (χ4v) is 3.17. The van der Waals surface area contributed by atoms with Gasteiger partial charge in [0.15, 0.2) is 0 Å². The molecule has 0 amide bonds. The zero-order valence-corrected chi connectivity index (χ0v) is 16.7. The Morgan fingerprint density at radius 1 is 0.815 bits per heavy atom. The van der Waals surface area contributed by atoms with Gasteiger partial charge in [-0.3, -0.25) is 0 Å². The highest BCUT2D eigenvalue weighted by molar-refractivity contribution is 5.87. The van der Waals surface area contributed by atoms with Gasteiger partial charge in [-0.05, 0) is 47.0 Å². The third-order valence-corrected chi connectivity index (χ3v) is 4.68. The van der Waals surface area contributed by atoms with E-state index in [1.54, 1.807) is 0 Å². The summed E-state index contributed by atoms with van der Waals surface area (Å²) in [6.45, 7) is 8.43. The van der Waals surface area contributed by atoms with Gasteiger partial charge in [-0.15, -0.1) is 0 Å². The lowest BCUT2D eigenvalue weighted by molar-refractivity contribution is 0.216. The number of rotatable bonds is 7. The molecule has 0 unspecified atom stereocenters. The maximum atomic E-state index is 6.03. The second-order valence-corrected chi connectivity index (χ2v) is 7.77. The van der Waals surface area contributed by atoms with E-state index in [2.05, 4.69) is 68.6 Å². The van der Waals surface area contributed by atoms with Gasteiger partial charge in [-0.1, -0.05) is 63.2 Å². The minimum Gasteiger partial charge on any atom is -0.490 e. The number of nitrogens with one attached hydrogen (secondary N) is 1. The smallest absolute Gasteiger partial charge is 0.124 e. The van der Waals surface area contributed by atoms with E-state index in [-0.39, 0.29) is 5.41 Å². The maximum absolute atomic E-state index is 6.03. The number of hydrogen-bond donors (Lipinski definition) is 1. The predicted molar refractivity (Wildman–Crippen MR) is 113 cm³/mol. The van der Waals surface area contributed by atoms with Gasteiger partial charge in [0, 0.05) is 12.1 Å². The van der Waals surface area contributed by atoms with Crippen LogP contribution in [0.2, 0.25) is 0 Å². The van der Waals surface area contributed by atoms with Crippen molar-refractivity contribution in [2.45, 2.75) is 32.7 Å². The van der Waals surface area contributed by atoms with E-state index in [1.807, 2.05) is 25.2 Å². The fraction of sp³-hybridized carbons (Fsp3) is 0.333. The van der Waals surface area contributed by atoms with Crippen molar-refractivity contribution in [3.63, 3.8) is 0 Å². The van der Waals surface area contributed by atoms with Crippen LogP contribution in [0.5, 0.6) is 11.5 Å². The Morgan fingerprint density at radius 2 is 1.52 bits per heavy atom. The molecule has 0 heterocycles. The molecule has 0 fully saturated rings. The van der Waals surface area contributed by atoms with E-state index in [1.165, 1.54) is 21.9 Å². The molecular weight excluding hydrogens is 334 g/mol. The lowest BCUT2D eigenvalue weighted by Crippen LogP contribution is -2.13. The van der Waals surface area contributed by atoms with Gasteiger partial charge in [0.25, 0.3) is 0 Å². The van der Waals surface area contributed by atoms with Crippen molar-refractivity contribution < 1.29 is 9.47 Å². The monoisotopic (exact) mass is 363 g/mol. The Balaban J connectivity index is 1.61. The minimum atomic E-state index is 0.154. The number of hydrogen-bond acceptors (Lipinski definition) is 3. The quantitative estimate of drug-likeness (QED) is 0.577. The highest BCUT2D eigenvalue weighted by Gasteiger charge is 2.13. The summed E-state index contributed by atoms with van der Waals surface area (Å²) in [5.41, 5.74) is 2.64. The Morgan fingerprint density at radius 3 is 2.22 bits per heavy atom. The summed E-state index contributed by atoms with van der Waals surface area (Å²) in [6, 6.07) is 20.9. The first-order valence-corrected chi connectivity index (χ1v) is 9.50. The minimum absolute atomic E-state index is 0.154. The Hall–Kier alpha value is -2.52. The summed E-state index contributed by atoms with van der Waals surface area (Å²) in [5, 5.41) is 5.69. The Kier molecular flexibility index (Phi) is 6.02. The second kappa shape index (κ2) is 8.45. The second-order valence-electron chi connectivity index (χ2n) is 7.77. The largest absolute Gasteiger partial charge is 0.490 e. The molecule has 142 valence electrons. The molecule has 0 aliphatic rings. The van der Waals surface area contributed by atoms with E-state index in [4.69, 9.17) is 9.47 Å². The van der Waals surface area contributed by atoms with Crippen LogP contribution in [0.1, 0.15) is 31.9 Å². The van der Waals surface area contributed by atoms with E-state index < -0.39 is 0 Å². The van der Waals surface area contributed by atoms with Crippen LogP contribution in [0.3, 0.4) is 0 Å². The Labute approximate surface area is 162 Å². The first-order chi connectivity index (χ1) is 13.0. The van der Waals surface area contributed by atoms with Crippen molar-refractivity contribution in [1.29, 1.82) is 0 Å². The lowest BCUT2D eigenvalue weighted by Gasteiger charge is -2.19. The molecular formula is C24H29NO2. The maximum Gasteiger partial charge on any atom is 0.124 e. The summed E-state index contributed by atoms with van der Waals surface area (Å²) in [7, 11) is 1.95. The van der Waals surface area contributed by atoms with Crippen LogP contribution in [0.15, 0.2) is 60.7 Å². The van der Waals surface area contributed by atoms with Crippen LogP contribution < -0.4 is 14.8 Å². The molecule has 0 saturated heterocycles. The van der Waals surface area contributed by atoms with E-state index in [0.717, 1.165) is 18.0 Å². The van der Waals surface area contributed by atoms with Gasteiger partial charge in [0.2, 0.25) is 0 Å². The molecule has 3 aromatic carbocycles. The summed E-state index contributed by atoms with van der Waals surface area (Å²) >= 11 is 0. The number of benzene rings is 3. The average molecular weight is 364 g/mol. The summed E-state index contributed by atoms with van der Waals surface area (Å²) in [4.78, 5) is 0. The van der Waals surface area contributed by atoms with Crippen molar-refractivity contribution in [2.75, 3.05) is 20.3 Å².